The van der Waals surface area contributed by atoms with E-state index in [0.717, 1.165) is 37.8 Å². The number of aliphatic hydroxyl groups excluding tert-OH is 1. The third kappa shape index (κ3) is 6.87. The fourth-order valence-electron chi connectivity index (χ4n) is 9.08. The Labute approximate surface area is 306 Å². The van der Waals surface area contributed by atoms with Crippen LogP contribution in [0, 0.1) is 17.8 Å². The van der Waals surface area contributed by atoms with Crippen molar-refractivity contribution < 1.29 is 27.9 Å². The number of sulfonamides is 1. The first-order valence-corrected chi connectivity index (χ1v) is 20.2. The number of anilines is 1. The van der Waals surface area contributed by atoms with Crippen molar-refractivity contribution in [2.24, 2.45) is 17.8 Å². The van der Waals surface area contributed by atoms with Gasteiger partial charge in [-0.25, -0.2) is 13.1 Å². The predicted molar refractivity (Wildman–Crippen MR) is 199 cm³/mol. The van der Waals surface area contributed by atoms with Crippen molar-refractivity contribution in [1.29, 1.82) is 0 Å². The number of nitrogens with one attached hydrogen (secondary N) is 2. The van der Waals surface area contributed by atoms with Crippen LogP contribution in [0.5, 0.6) is 5.75 Å². The van der Waals surface area contributed by atoms with E-state index in [1.54, 1.807) is 37.3 Å². The number of fused-ring (bicyclic) bond motifs is 4. The Bertz CT molecular complexity index is 1910. The van der Waals surface area contributed by atoms with Gasteiger partial charge in [0.25, 0.3) is 11.8 Å². The second-order valence-corrected chi connectivity index (χ2v) is 17.9. The lowest BCUT2D eigenvalue weighted by molar-refractivity contribution is 0.00723. The van der Waals surface area contributed by atoms with Gasteiger partial charge in [-0.1, -0.05) is 49.2 Å². The SMILES string of the molecule is C[C@@H]1[C@@H](C)CCC[C@](CO)(NC(=O)c2ccccc2)[C@@H]2CC[C@H]2CN2C[C@@]3(CCCc4cc(Cl)ccc43)COc3ccc(cc32)C(=O)NS1(=O)=O. The van der Waals surface area contributed by atoms with E-state index in [1.165, 1.54) is 11.1 Å². The lowest BCUT2D eigenvalue weighted by Crippen LogP contribution is -2.62. The summed E-state index contributed by atoms with van der Waals surface area (Å²) in [7, 11) is -4.01. The molecule has 1 saturated carbocycles. The van der Waals surface area contributed by atoms with Crippen LogP contribution in [-0.4, -0.2) is 62.4 Å². The number of ether oxygens (including phenoxy) is 1. The van der Waals surface area contributed by atoms with Gasteiger partial charge in [-0.3, -0.25) is 9.59 Å². The molecule has 272 valence electrons. The summed E-state index contributed by atoms with van der Waals surface area (Å²) in [6.07, 6.45) is 6.23. The van der Waals surface area contributed by atoms with Crippen LogP contribution in [-0.2, 0) is 21.9 Å². The van der Waals surface area contributed by atoms with Gasteiger partial charge in [-0.15, -0.1) is 0 Å². The number of benzene rings is 3. The maximum absolute atomic E-state index is 13.7. The van der Waals surface area contributed by atoms with Gasteiger partial charge in [0.1, 0.15) is 5.75 Å². The van der Waals surface area contributed by atoms with Crippen LogP contribution in [0.15, 0.2) is 66.7 Å². The molecule has 2 amide bonds. The van der Waals surface area contributed by atoms with Crippen molar-refractivity contribution in [2.75, 3.05) is 31.2 Å². The molecule has 0 unspecified atom stereocenters. The largest absolute Gasteiger partial charge is 0.490 e. The standard InChI is InChI=1S/C40H48ClN3O6S/c1-26-8-6-19-40(24-45,42-37(46)28-9-4-3-5-10-28)34-15-12-31(34)22-44-23-39(18-7-11-29-20-32(41)14-16-33(29)39)25-50-36-17-13-30(21-35(36)44)38(47)43-51(48,49)27(26)2/h3-5,9-10,13-14,16-17,20-21,26-27,31,34,45H,6-8,11-12,15,18-19,22-25H2,1-2H3,(H,42,46)(H,43,47)/t26-,27+,31-,34+,39-,40+/m0/s1. The van der Waals surface area contributed by atoms with Crippen LogP contribution < -0.4 is 19.7 Å². The zero-order valence-corrected chi connectivity index (χ0v) is 30.9. The van der Waals surface area contributed by atoms with Crippen LogP contribution in [0.3, 0.4) is 0 Å². The molecule has 51 heavy (non-hydrogen) atoms. The van der Waals surface area contributed by atoms with E-state index in [2.05, 4.69) is 27.1 Å². The molecule has 6 atom stereocenters. The maximum atomic E-state index is 13.7. The van der Waals surface area contributed by atoms with Gasteiger partial charge in [0.05, 0.1) is 29.7 Å². The Hall–Kier alpha value is -3.60. The molecule has 4 aliphatic rings. The highest BCUT2D eigenvalue weighted by Crippen LogP contribution is 2.49. The number of carbonyl (C=O) groups excluding carboxylic acids is 2. The number of aryl methyl sites for hydroxylation is 1. The quantitative estimate of drug-likeness (QED) is 0.290. The number of hydrogen-bond donors (Lipinski definition) is 3. The molecule has 11 heteroatoms. The van der Waals surface area contributed by atoms with Gasteiger partial charge in [-0.2, -0.15) is 0 Å². The van der Waals surface area contributed by atoms with E-state index >= 15 is 0 Å². The van der Waals surface area contributed by atoms with Gasteiger partial charge in [0, 0.05) is 34.7 Å². The van der Waals surface area contributed by atoms with E-state index in [1.807, 2.05) is 31.2 Å². The molecule has 0 radical (unpaired) electrons. The van der Waals surface area contributed by atoms with Crippen LogP contribution in [0.4, 0.5) is 5.69 Å². The summed E-state index contributed by atoms with van der Waals surface area (Å²) >= 11 is 6.46. The van der Waals surface area contributed by atoms with E-state index < -0.39 is 26.7 Å². The molecule has 0 aromatic heterocycles. The highest BCUT2D eigenvalue weighted by Gasteiger charge is 2.50. The Balaban J connectivity index is 1.31. The molecule has 2 aliphatic carbocycles. The molecule has 1 spiro atoms. The summed E-state index contributed by atoms with van der Waals surface area (Å²) < 4.78 is 36.0. The van der Waals surface area contributed by atoms with Crippen molar-refractivity contribution in [2.45, 2.75) is 81.4 Å². The third-order valence-corrected chi connectivity index (χ3v) is 14.5. The van der Waals surface area contributed by atoms with Crippen molar-refractivity contribution in [3.63, 3.8) is 0 Å². The summed E-state index contributed by atoms with van der Waals surface area (Å²) in [5, 5.41) is 14.4. The molecule has 7 rings (SSSR count). The zero-order valence-electron chi connectivity index (χ0n) is 29.4. The van der Waals surface area contributed by atoms with Crippen molar-refractivity contribution in [1.82, 2.24) is 10.0 Å². The van der Waals surface area contributed by atoms with Gasteiger partial charge >= 0.3 is 0 Å². The van der Waals surface area contributed by atoms with E-state index in [0.29, 0.717) is 55.3 Å². The van der Waals surface area contributed by atoms with Crippen molar-refractivity contribution in [3.8, 4) is 5.75 Å². The Kier molecular flexibility index (Phi) is 9.88. The van der Waals surface area contributed by atoms with Gasteiger partial charge < -0.3 is 20.1 Å². The molecule has 2 heterocycles. The minimum Gasteiger partial charge on any atom is -0.490 e. The highest BCUT2D eigenvalue weighted by atomic mass is 35.5. The third-order valence-electron chi connectivity index (χ3n) is 12.4. The van der Waals surface area contributed by atoms with Crippen molar-refractivity contribution in [3.05, 3.63) is 94.0 Å². The molecule has 3 aromatic rings. The molecule has 1 fully saturated rings. The number of carbonyl (C=O) groups is 2. The van der Waals surface area contributed by atoms with Crippen molar-refractivity contribution >= 4 is 39.1 Å². The predicted octanol–water partition coefficient (Wildman–Crippen LogP) is 6.27. The average Bonchev–Trinajstić information content (AvgIpc) is 3.25. The van der Waals surface area contributed by atoms with Gasteiger partial charge in [-0.05, 0) is 123 Å². The second-order valence-electron chi connectivity index (χ2n) is 15.4. The van der Waals surface area contributed by atoms with Crippen LogP contribution in [0.25, 0.3) is 0 Å². The molecule has 3 N–H and O–H groups in total. The minimum absolute atomic E-state index is 0.0213. The Morgan fingerprint density at radius 1 is 1.04 bits per heavy atom. The molecule has 0 saturated heterocycles. The summed E-state index contributed by atoms with van der Waals surface area (Å²) in [5.74, 6) is -0.422. The average molecular weight is 734 g/mol. The van der Waals surface area contributed by atoms with E-state index in [9.17, 15) is 23.1 Å². The lowest BCUT2D eigenvalue weighted by atomic mass is 9.61. The van der Waals surface area contributed by atoms with Gasteiger partial charge in [0.2, 0.25) is 10.0 Å². The molecular formula is C40H48ClN3O6S. The summed E-state index contributed by atoms with van der Waals surface area (Å²) in [6.45, 7) is 4.96. The number of amides is 2. The number of rotatable bonds is 3. The topological polar surface area (TPSA) is 125 Å². The second kappa shape index (κ2) is 14.1. The highest BCUT2D eigenvalue weighted by molar-refractivity contribution is 7.90. The molecule has 3 aromatic carbocycles. The molecule has 9 nitrogen and oxygen atoms in total. The lowest BCUT2D eigenvalue weighted by Gasteiger charge is -2.52. The number of aliphatic hydroxyl groups is 1. The minimum atomic E-state index is -4.01. The fraction of sp³-hybridized carbons (Fsp3) is 0.500. The Morgan fingerprint density at radius 2 is 1.84 bits per heavy atom. The summed E-state index contributed by atoms with van der Waals surface area (Å²) in [4.78, 5) is 29.6. The first-order chi connectivity index (χ1) is 24.4. The summed E-state index contributed by atoms with van der Waals surface area (Å²) in [5.41, 5.74) is 2.70. The number of halogens is 1. The molecular weight excluding hydrogens is 686 g/mol. The van der Waals surface area contributed by atoms with Crippen LogP contribution >= 0.6 is 11.6 Å². The molecule has 2 bridgehead atoms. The summed E-state index contributed by atoms with van der Waals surface area (Å²) in [6, 6.07) is 20.4. The first-order valence-electron chi connectivity index (χ1n) is 18.3. The van der Waals surface area contributed by atoms with E-state index in [4.69, 9.17) is 16.3 Å². The van der Waals surface area contributed by atoms with Crippen LogP contribution in [0.1, 0.15) is 90.6 Å². The normalized spacial score (nSPS) is 30.4. The number of hydrogen-bond acceptors (Lipinski definition) is 7. The number of nitrogens with zero attached hydrogens (tertiary/aromatic N) is 1. The van der Waals surface area contributed by atoms with Crippen LogP contribution in [0.2, 0.25) is 5.02 Å². The molecule has 2 aliphatic heterocycles. The monoisotopic (exact) mass is 733 g/mol. The van der Waals surface area contributed by atoms with Gasteiger partial charge in [0.15, 0.2) is 0 Å². The smallest absolute Gasteiger partial charge is 0.264 e. The zero-order chi connectivity index (χ0) is 36.0. The first kappa shape index (κ1) is 35.8. The van der Waals surface area contributed by atoms with E-state index in [-0.39, 0.29) is 41.2 Å². The fourth-order valence-corrected chi connectivity index (χ4v) is 10.6. The Morgan fingerprint density at radius 3 is 2.59 bits per heavy atom. The maximum Gasteiger partial charge on any atom is 0.264 e.